The van der Waals surface area contributed by atoms with E-state index in [0.717, 1.165) is 49.2 Å². The number of carbonyl (C=O) groups excluding carboxylic acids is 1. The molecule has 2 aromatic carbocycles. The van der Waals surface area contributed by atoms with Gasteiger partial charge in [-0.15, -0.1) is 0 Å². The molecule has 1 aliphatic carbocycles. The van der Waals surface area contributed by atoms with Crippen molar-refractivity contribution in [2.45, 2.75) is 58.4 Å². The molecule has 0 radical (unpaired) electrons. The molecule has 1 heterocycles. The smallest absolute Gasteiger partial charge is 0.226 e. The van der Waals surface area contributed by atoms with Crippen LogP contribution in [0.15, 0.2) is 30.3 Å². The van der Waals surface area contributed by atoms with Crippen LogP contribution >= 0.6 is 0 Å². The number of nitrogens with zero attached hydrogens (tertiary/aromatic N) is 1. The molecule has 32 heavy (non-hydrogen) atoms. The van der Waals surface area contributed by atoms with Crippen molar-refractivity contribution in [2.24, 2.45) is 5.92 Å². The highest BCUT2D eigenvalue weighted by molar-refractivity contribution is 5.80. The van der Waals surface area contributed by atoms with Crippen molar-refractivity contribution >= 4 is 5.91 Å². The average Bonchev–Trinajstić information content (AvgIpc) is 2.81. The van der Waals surface area contributed by atoms with E-state index in [1.807, 2.05) is 6.07 Å². The zero-order valence-corrected chi connectivity index (χ0v) is 19.8. The first-order valence-corrected chi connectivity index (χ1v) is 11.8. The molecule has 1 saturated carbocycles. The first kappa shape index (κ1) is 22.5. The molecule has 0 N–H and O–H groups in total. The van der Waals surface area contributed by atoms with Crippen LogP contribution in [-0.2, 0) is 11.2 Å². The number of carbonyl (C=O) groups is 1. The third-order valence-corrected chi connectivity index (χ3v) is 6.84. The number of benzene rings is 2. The van der Waals surface area contributed by atoms with E-state index in [1.54, 1.807) is 14.2 Å². The first-order valence-electron chi connectivity index (χ1n) is 11.8. The zero-order chi connectivity index (χ0) is 22.7. The van der Waals surface area contributed by atoms with Gasteiger partial charge in [-0.05, 0) is 79.6 Å². The average molecular weight is 438 g/mol. The second-order valence-electron chi connectivity index (χ2n) is 9.17. The minimum atomic E-state index is -0.145. The van der Waals surface area contributed by atoms with Gasteiger partial charge in [0.05, 0.1) is 20.3 Å². The zero-order valence-electron chi connectivity index (χ0n) is 19.8. The Morgan fingerprint density at radius 1 is 0.938 bits per heavy atom. The highest BCUT2D eigenvalue weighted by Crippen LogP contribution is 2.40. The van der Waals surface area contributed by atoms with E-state index < -0.39 is 0 Å². The van der Waals surface area contributed by atoms with Gasteiger partial charge in [0.25, 0.3) is 0 Å². The summed E-state index contributed by atoms with van der Waals surface area (Å²) in [5.74, 6) is 2.68. The number of rotatable bonds is 6. The first-order chi connectivity index (χ1) is 15.5. The molecule has 0 unspecified atom stereocenters. The molecule has 2 aromatic rings. The number of aryl methyl sites for hydroxylation is 2. The summed E-state index contributed by atoms with van der Waals surface area (Å²) in [4.78, 5) is 15.6. The monoisotopic (exact) mass is 437 g/mol. The standard InChI is InChI=1S/C27H35NO4/c1-18-12-19(2)14-22(13-18)32-17-24-23-16-26(31-4)25(30-3)15-21(23)10-11-28(24)27(29)20-8-6-5-7-9-20/h12-16,20,24H,5-11,17H2,1-4H3/t24-/m0/s1. The van der Waals surface area contributed by atoms with Gasteiger partial charge in [-0.3, -0.25) is 4.79 Å². The topological polar surface area (TPSA) is 48.0 Å². The number of hydrogen-bond acceptors (Lipinski definition) is 4. The summed E-state index contributed by atoms with van der Waals surface area (Å²) in [6, 6.07) is 10.2. The summed E-state index contributed by atoms with van der Waals surface area (Å²) in [5, 5.41) is 0. The van der Waals surface area contributed by atoms with Crippen molar-refractivity contribution in [3.8, 4) is 17.2 Å². The Morgan fingerprint density at radius 3 is 2.25 bits per heavy atom. The van der Waals surface area contributed by atoms with Gasteiger partial charge in [0, 0.05) is 12.5 Å². The van der Waals surface area contributed by atoms with E-state index in [-0.39, 0.29) is 17.9 Å². The maximum Gasteiger partial charge on any atom is 0.226 e. The summed E-state index contributed by atoms with van der Waals surface area (Å²) < 4.78 is 17.4. The summed E-state index contributed by atoms with van der Waals surface area (Å²) in [6.45, 7) is 5.28. The number of methoxy groups -OCH3 is 2. The normalized spacial score (nSPS) is 18.8. The van der Waals surface area contributed by atoms with Crippen molar-refractivity contribution in [3.63, 3.8) is 0 Å². The molecule has 1 fully saturated rings. The minimum absolute atomic E-state index is 0.133. The minimum Gasteiger partial charge on any atom is -0.493 e. The Labute approximate surface area is 191 Å². The summed E-state index contributed by atoms with van der Waals surface area (Å²) in [7, 11) is 3.31. The second-order valence-corrected chi connectivity index (χ2v) is 9.17. The van der Waals surface area contributed by atoms with Crippen LogP contribution in [0.1, 0.15) is 60.4 Å². The van der Waals surface area contributed by atoms with Crippen LogP contribution in [0.3, 0.4) is 0 Å². The second kappa shape index (κ2) is 9.85. The van der Waals surface area contributed by atoms with E-state index in [4.69, 9.17) is 14.2 Å². The predicted octanol–water partition coefficient (Wildman–Crippen LogP) is 5.41. The van der Waals surface area contributed by atoms with Crippen molar-refractivity contribution in [3.05, 3.63) is 52.6 Å². The number of fused-ring (bicyclic) bond motifs is 1. The van der Waals surface area contributed by atoms with Gasteiger partial charge in [-0.25, -0.2) is 0 Å². The predicted molar refractivity (Wildman–Crippen MR) is 126 cm³/mol. The number of ether oxygens (including phenoxy) is 3. The van der Waals surface area contributed by atoms with Gasteiger partial charge in [0.1, 0.15) is 12.4 Å². The van der Waals surface area contributed by atoms with Crippen LogP contribution in [0.5, 0.6) is 17.2 Å². The van der Waals surface area contributed by atoms with Crippen molar-refractivity contribution in [1.29, 1.82) is 0 Å². The fourth-order valence-electron chi connectivity index (χ4n) is 5.25. The quantitative estimate of drug-likeness (QED) is 0.607. The highest BCUT2D eigenvalue weighted by atomic mass is 16.5. The molecule has 0 aromatic heterocycles. The lowest BCUT2D eigenvalue weighted by Crippen LogP contribution is -2.45. The van der Waals surface area contributed by atoms with Gasteiger partial charge in [0.2, 0.25) is 5.91 Å². The van der Waals surface area contributed by atoms with Gasteiger partial charge in [-0.1, -0.05) is 25.3 Å². The molecule has 1 aliphatic heterocycles. The summed E-state index contributed by atoms with van der Waals surface area (Å²) >= 11 is 0. The fourth-order valence-corrected chi connectivity index (χ4v) is 5.25. The van der Waals surface area contributed by atoms with E-state index in [2.05, 4.69) is 43.0 Å². The molecule has 1 amide bonds. The molecular weight excluding hydrogens is 402 g/mol. The van der Waals surface area contributed by atoms with Gasteiger partial charge in [-0.2, -0.15) is 0 Å². The molecule has 172 valence electrons. The molecule has 2 aliphatic rings. The molecule has 0 spiro atoms. The van der Waals surface area contributed by atoms with Crippen molar-refractivity contribution in [1.82, 2.24) is 4.90 Å². The summed E-state index contributed by atoms with van der Waals surface area (Å²) in [6.07, 6.45) is 6.35. The maximum absolute atomic E-state index is 13.6. The van der Waals surface area contributed by atoms with Gasteiger partial charge in [0.15, 0.2) is 11.5 Å². The van der Waals surface area contributed by atoms with Crippen LogP contribution in [0.4, 0.5) is 0 Å². The van der Waals surface area contributed by atoms with Gasteiger partial charge < -0.3 is 19.1 Å². The van der Waals surface area contributed by atoms with E-state index in [9.17, 15) is 4.79 Å². The lowest BCUT2D eigenvalue weighted by molar-refractivity contribution is -0.140. The van der Waals surface area contributed by atoms with Crippen LogP contribution < -0.4 is 14.2 Å². The SMILES string of the molecule is COc1cc2c(cc1OC)[C@H](COc1cc(C)cc(C)c1)N(C(=O)C1CCCCC1)CC2. The largest absolute Gasteiger partial charge is 0.493 e. The molecular formula is C27H35NO4. The number of hydrogen-bond donors (Lipinski definition) is 0. The lowest BCUT2D eigenvalue weighted by atomic mass is 9.86. The Kier molecular flexibility index (Phi) is 6.92. The van der Waals surface area contributed by atoms with E-state index >= 15 is 0 Å². The Bertz CT molecular complexity index is 944. The Morgan fingerprint density at radius 2 is 1.59 bits per heavy atom. The van der Waals surface area contributed by atoms with Crippen molar-refractivity contribution < 1.29 is 19.0 Å². The van der Waals surface area contributed by atoms with E-state index in [1.165, 1.54) is 23.1 Å². The summed E-state index contributed by atoms with van der Waals surface area (Å²) in [5.41, 5.74) is 4.64. The molecule has 4 rings (SSSR count). The van der Waals surface area contributed by atoms with Crippen LogP contribution in [0.25, 0.3) is 0 Å². The fraction of sp³-hybridized carbons (Fsp3) is 0.519. The van der Waals surface area contributed by atoms with Crippen LogP contribution in [0, 0.1) is 19.8 Å². The third kappa shape index (κ3) is 4.72. The molecule has 1 atom stereocenters. The molecule has 0 saturated heterocycles. The highest BCUT2D eigenvalue weighted by Gasteiger charge is 2.36. The number of amides is 1. The van der Waals surface area contributed by atoms with Crippen LogP contribution in [-0.4, -0.2) is 38.2 Å². The van der Waals surface area contributed by atoms with Crippen LogP contribution in [0.2, 0.25) is 0 Å². The maximum atomic E-state index is 13.6. The van der Waals surface area contributed by atoms with E-state index in [0.29, 0.717) is 18.9 Å². The Balaban J connectivity index is 1.66. The lowest BCUT2D eigenvalue weighted by Gasteiger charge is -2.40. The third-order valence-electron chi connectivity index (χ3n) is 6.84. The van der Waals surface area contributed by atoms with Gasteiger partial charge >= 0.3 is 0 Å². The molecule has 0 bridgehead atoms. The molecule has 5 heteroatoms. The van der Waals surface area contributed by atoms with Crippen molar-refractivity contribution in [2.75, 3.05) is 27.4 Å². The Hall–Kier alpha value is -2.69. The molecule has 5 nitrogen and oxygen atoms in total.